The van der Waals surface area contributed by atoms with Gasteiger partial charge >= 0.3 is 0 Å². The molecule has 100 valence electrons. The van der Waals surface area contributed by atoms with Gasteiger partial charge in [0.05, 0.1) is 18.9 Å². The maximum atomic E-state index is 5.81. The molecule has 2 heterocycles. The lowest BCUT2D eigenvalue weighted by molar-refractivity contribution is 0.297. The zero-order valence-electron chi connectivity index (χ0n) is 10.5. The van der Waals surface area contributed by atoms with Crippen LogP contribution >= 0.6 is 15.9 Å². The number of rotatable bonds is 1. The van der Waals surface area contributed by atoms with Crippen LogP contribution in [0.5, 0.6) is 11.5 Å². The van der Waals surface area contributed by atoms with Gasteiger partial charge in [-0.3, -0.25) is 0 Å². The highest BCUT2D eigenvalue weighted by atomic mass is 79.9. The first kappa shape index (κ1) is 12.3. The molecule has 1 aromatic carbocycles. The zero-order valence-corrected chi connectivity index (χ0v) is 12.1. The van der Waals surface area contributed by atoms with E-state index in [0.29, 0.717) is 19.2 Å². The molecule has 0 unspecified atom stereocenters. The molecular weight excluding hydrogens is 310 g/mol. The molecule has 1 aliphatic heterocycles. The van der Waals surface area contributed by atoms with Crippen LogP contribution in [0, 0.1) is 0 Å². The van der Waals surface area contributed by atoms with Crippen molar-refractivity contribution in [2.75, 3.05) is 18.9 Å². The van der Waals surface area contributed by atoms with Crippen molar-refractivity contribution in [1.29, 1.82) is 0 Å². The van der Waals surface area contributed by atoms with E-state index in [2.05, 4.69) is 20.9 Å². The van der Waals surface area contributed by atoms with Gasteiger partial charge in [0.15, 0.2) is 11.5 Å². The highest BCUT2D eigenvalue weighted by molar-refractivity contribution is 9.10. The van der Waals surface area contributed by atoms with Gasteiger partial charge in [0.25, 0.3) is 0 Å². The van der Waals surface area contributed by atoms with Crippen molar-refractivity contribution in [3.05, 3.63) is 22.8 Å². The molecule has 5 nitrogen and oxygen atoms in total. The number of benzene rings is 1. The lowest BCUT2D eigenvalue weighted by Gasteiger charge is -2.10. The predicted octanol–water partition coefficient (Wildman–Crippen LogP) is 2.59. The minimum absolute atomic E-state index is 0.467. The molecule has 6 heteroatoms. The molecule has 0 atom stereocenters. The summed E-state index contributed by atoms with van der Waals surface area (Å²) in [5, 5.41) is 0. The molecular formula is C13H14BrN3O2. The van der Waals surface area contributed by atoms with Gasteiger partial charge < -0.3 is 19.8 Å². The van der Waals surface area contributed by atoms with Crippen LogP contribution in [0.15, 0.2) is 22.8 Å². The fourth-order valence-corrected chi connectivity index (χ4v) is 2.78. The van der Waals surface area contributed by atoms with Crippen LogP contribution in [0.2, 0.25) is 0 Å². The number of hydrogen-bond acceptors (Lipinski definition) is 4. The first-order valence-electron chi connectivity index (χ1n) is 6.04. The summed E-state index contributed by atoms with van der Waals surface area (Å²) in [5.74, 6) is 2.02. The van der Waals surface area contributed by atoms with E-state index in [9.17, 15) is 0 Å². The number of hydrogen-bond donors (Lipinski definition) is 1. The smallest absolute Gasteiger partial charge is 0.201 e. The van der Waals surface area contributed by atoms with Crippen LogP contribution in [0.3, 0.4) is 0 Å². The van der Waals surface area contributed by atoms with Crippen molar-refractivity contribution < 1.29 is 9.47 Å². The molecule has 1 aromatic heterocycles. The Hall–Kier alpha value is -1.69. The summed E-state index contributed by atoms with van der Waals surface area (Å²) in [6, 6.07) is 5.86. The summed E-state index contributed by atoms with van der Waals surface area (Å²) >= 11 is 3.43. The molecule has 19 heavy (non-hydrogen) atoms. The molecule has 0 aliphatic carbocycles. The van der Waals surface area contributed by atoms with E-state index in [1.807, 2.05) is 29.8 Å². The minimum Gasteiger partial charge on any atom is -0.490 e. The zero-order chi connectivity index (χ0) is 13.4. The van der Waals surface area contributed by atoms with E-state index >= 15 is 0 Å². The third-order valence-electron chi connectivity index (χ3n) is 3.11. The monoisotopic (exact) mass is 323 g/mol. The number of fused-ring (bicyclic) bond motifs is 1. The van der Waals surface area contributed by atoms with Crippen LogP contribution < -0.4 is 15.2 Å². The Kier molecular flexibility index (Phi) is 3.10. The number of halogens is 1. The lowest BCUT2D eigenvalue weighted by Crippen LogP contribution is -1.99. The Balaban J connectivity index is 2.09. The van der Waals surface area contributed by atoms with Crippen molar-refractivity contribution in [3.8, 4) is 22.8 Å². The molecule has 0 saturated carbocycles. The fourth-order valence-electron chi connectivity index (χ4n) is 2.10. The molecule has 0 saturated heterocycles. The van der Waals surface area contributed by atoms with E-state index in [1.54, 1.807) is 0 Å². The van der Waals surface area contributed by atoms with Crippen molar-refractivity contribution >= 4 is 21.9 Å². The first-order chi connectivity index (χ1) is 9.16. The predicted molar refractivity (Wildman–Crippen MR) is 76.4 cm³/mol. The van der Waals surface area contributed by atoms with Gasteiger partial charge in [-0.05, 0) is 34.1 Å². The summed E-state index contributed by atoms with van der Waals surface area (Å²) in [6.45, 7) is 1.36. The Labute approximate surface area is 119 Å². The molecule has 0 radical (unpaired) electrons. The number of nitrogens with two attached hydrogens (primary N) is 1. The normalized spacial score (nSPS) is 14.2. The molecule has 0 bridgehead atoms. The van der Waals surface area contributed by atoms with Crippen LogP contribution in [-0.4, -0.2) is 22.8 Å². The van der Waals surface area contributed by atoms with E-state index in [-0.39, 0.29) is 0 Å². The van der Waals surface area contributed by atoms with E-state index in [1.165, 1.54) is 0 Å². The molecule has 2 N–H and O–H groups in total. The average molecular weight is 324 g/mol. The first-order valence-corrected chi connectivity index (χ1v) is 6.84. The van der Waals surface area contributed by atoms with Crippen LogP contribution in [0.4, 0.5) is 5.95 Å². The van der Waals surface area contributed by atoms with Crippen molar-refractivity contribution in [1.82, 2.24) is 9.55 Å². The van der Waals surface area contributed by atoms with Crippen molar-refractivity contribution in [2.24, 2.45) is 7.05 Å². The highest BCUT2D eigenvalue weighted by Gasteiger charge is 2.16. The quantitative estimate of drug-likeness (QED) is 0.876. The second-order valence-corrected chi connectivity index (χ2v) is 5.13. The minimum atomic E-state index is 0.467. The number of ether oxygens (including phenoxy) is 2. The Morgan fingerprint density at radius 2 is 2.00 bits per heavy atom. The van der Waals surface area contributed by atoms with Crippen LogP contribution in [-0.2, 0) is 7.05 Å². The Bertz CT molecular complexity index is 625. The second-order valence-electron chi connectivity index (χ2n) is 4.38. The molecule has 0 spiro atoms. The van der Waals surface area contributed by atoms with Gasteiger partial charge in [-0.15, -0.1) is 0 Å². The van der Waals surface area contributed by atoms with Crippen molar-refractivity contribution in [3.63, 3.8) is 0 Å². The second kappa shape index (κ2) is 4.77. The van der Waals surface area contributed by atoms with Gasteiger partial charge in [0.1, 0.15) is 4.60 Å². The third kappa shape index (κ3) is 2.16. The topological polar surface area (TPSA) is 62.3 Å². The van der Waals surface area contributed by atoms with E-state index < -0.39 is 0 Å². The van der Waals surface area contributed by atoms with Crippen LogP contribution in [0.1, 0.15) is 6.42 Å². The summed E-state index contributed by atoms with van der Waals surface area (Å²) in [5.41, 5.74) is 7.72. The van der Waals surface area contributed by atoms with Gasteiger partial charge in [-0.1, -0.05) is 0 Å². The Morgan fingerprint density at radius 3 is 2.68 bits per heavy atom. The van der Waals surface area contributed by atoms with Gasteiger partial charge in [0.2, 0.25) is 5.95 Å². The number of imidazole rings is 1. The van der Waals surface area contributed by atoms with E-state index in [0.717, 1.165) is 33.8 Å². The molecule has 2 aromatic rings. The number of anilines is 1. The third-order valence-corrected chi connectivity index (χ3v) is 3.66. The SMILES string of the molecule is Cn1c(N)nc(Br)c1-c1ccc2c(c1)OCCCO2. The standard InChI is InChI=1S/C13H14BrN3O2/c1-17-11(12(14)16-13(17)15)8-3-4-9-10(7-8)19-6-2-5-18-9/h3-4,7H,2,5-6H2,1H3,(H2,15,16). The maximum Gasteiger partial charge on any atom is 0.201 e. The molecule has 0 fully saturated rings. The number of aromatic nitrogens is 2. The van der Waals surface area contributed by atoms with Gasteiger partial charge in [-0.2, -0.15) is 0 Å². The maximum absolute atomic E-state index is 5.81. The number of nitrogen functional groups attached to an aromatic ring is 1. The summed E-state index contributed by atoms with van der Waals surface area (Å²) in [7, 11) is 1.88. The lowest BCUT2D eigenvalue weighted by atomic mass is 10.1. The highest BCUT2D eigenvalue weighted by Crippen LogP contribution is 2.36. The Morgan fingerprint density at radius 1 is 1.26 bits per heavy atom. The van der Waals surface area contributed by atoms with Crippen LogP contribution in [0.25, 0.3) is 11.3 Å². The molecule has 0 amide bonds. The molecule has 1 aliphatic rings. The van der Waals surface area contributed by atoms with Gasteiger partial charge in [0, 0.05) is 19.0 Å². The summed E-state index contributed by atoms with van der Waals surface area (Å²) < 4.78 is 13.9. The van der Waals surface area contributed by atoms with E-state index in [4.69, 9.17) is 15.2 Å². The van der Waals surface area contributed by atoms with Gasteiger partial charge in [-0.25, -0.2) is 4.98 Å². The average Bonchev–Trinajstić information content (AvgIpc) is 2.59. The molecule has 3 rings (SSSR count). The largest absolute Gasteiger partial charge is 0.490 e. The van der Waals surface area contributed by atoms with Crippen molar-refractivity contribution in [2.45, 2.75) is 6.42 Å². The summed E-state index contributed by atoms with van der Waals surface area (Å²) in [6.07, 6.45) is 0.895. The number of nitrogens with zero attached hydrogens (tertiary/aromatic N) is 2. The summed E-state index contributed by atoms with van der Waals surface area (Å²) in [4.78, 5) is 4.20. The fraction of sp³-hybridized carbons (Fsp3) is 0.308.